The number of aliphatic hydroxyl groups is 4. The molecule has 0 spiro atoms. The summed E-state index contributed by atoms with van der Waals surface area (Å²) < 4.78 is 151. The van der Waals surface area contributed by atoms with E-state index in [0.29, 0.717) is 26.2 Å². The first kappa shape index (κ1) is 41.6. The number of aliphatic hydroxyl groups excluding tert-OH is 4. The van der Waals surface area contributed by atoms with E-state index in [1.807, 2.05) is 0 Å². The van der Waals surface area contributed by atoms with Crippen molar-refractivity contribution in [3.05, 3.63) is 0 Å². The maximum atomic E-state index is 13.0. The third kappa shape index (κ3) is 17.6. The summed E-state index contributed by atoms with van der Waals surface area (Å²) in [6.45, 7) is 1.18. The van der Waals surface area contributed by atoms with Gasteiger partial charge < -0.3 is 40.8 Å². The van der Waals surface area contributed by atoms with Gasteiger partial charge in [-0.1, -0.05) is 0 Å². The zero-order valence-electron chi connectivity index (χ0n) is 19.4. The van der Waals surface area contributed by atoms with E-state index in [9.17, 15) is 52.9 Å². The molecule has 0 aromatic heterocycles. The molecule has 234 valence electrons. The fraction of sp³-hybridized carbons (Fsp3) is 1.00. The van der Waals surface area contributed by atoms with Crippen molar-refractivity contribution in [3.8, 4) is 0 Å². The van der Waals surface area contributed by atoms with Gasteiger partial charge in [-0.05, 0) is 0 Å². The second-order valence-electron chi connectivity index (χ2n) is 6.85. The van der Waals surface area contributed by atoms with Gasteiger partial charge in [-0.2, -0.15) is 39.5 Å². The average Bonchev–Trinajstić information content (AvgIpc) is 2.72. The molecule has 0 aliphatic heterocycles. The molecule has 0 rings (SSSR count). The van der Waals surface area contributed by atoms with Crippen LogP contribution >= 0.6 is 7.82 Å². The lowest BCUT2D eigenvalue weighted by Crippen LogP contribution is -2.61. The van der Waals surface area contributed by atoms with E-state index in [1.165, 1.54) is 0 Å². The quantitative estimate of drug-likeness (QED) is 0.0712. The molecule has 0 amide bonds. The van der Waals surface area contributed by atoms with Gasteiger partial charge in [-0.3, -0.25) is 4.52 Å². The summed E-state index contributed by atoms with van der Waals surface area (Å²) in [6, 6.07) is 0. The summed E-state index contributed by atoms with van der Waals surface area (Å²) in [5, 5.41) is 38.2. The Morgan fingerprint density at radius 1 is 0.632 bits per heavy atom. The van der Waals surface area contributed by atoms with Crippen molar-refractivity contribution in [2.45, 2.75) is 42.7 Å². The van der Waals surface area contributed by atoms with Gasteiger partial charge >= 0.3 is 31.8 Å². The van der Waals surface area contributed by atoms with Crippen LogP contribution in [0.15, 0.2) is 0 Å². The second-order valence-corrected chi connectivity index (χ2v) is 8.09. The van der Waals surface area contributed by atoms with Crippen LogP contribution in [0.5, 0.6) is 0 Å². The van der Waals surface area contributed by atoms with Crippen LogP contribution in [0.4, 0.5) is 48.3 Å². The van der Waals surface area contributed by atoms with Crippen LogP contribution in [-0.2, 0) is 9.09 Å². The van der Waals surface area contributed by atoms with Gasteiger partial charge in [0.05, 0.1) is 39.5 Å². The third-order valence-corrected chi connectivity index (χ3v) is 4.09. The molecule has 0 heterocycles. The molecule has 0 bridgehead atoms. The highest BCUT2D eigenvalue weighted by Gasteiger charge is 2.82. The van der Waals surface area contributed by atoms with Crippen LogP contribution in [0.3, 0.4) is 0 Å². The normalized spacial score (nSPS) is 13.4. The number of hydrogen-bond acceptors (Lipinski definition) is 8. The van der Waals surface area contributed by atoms with Crippen molar-refractivity contribution in [1.29, 1.82) is 0 Å². The van der Waals surface area contributed by atoms with E-state index < -0.39 is 57.1 Å². The summed E-state index contributed by atoms with van der Waals surface area (Å²) in [5.41, 5.74) is 0. The molecule has 0 unspecified atom stereocenters. The van der Waals surface area contributed by atoms with Crippen molar-refractivity contribution in [3.63, 3.8) is 0 Å². The summed E-state index contributed by atoms with van der Waals surface area (Å²) >= 11 is 0. The molecule has 38 heavy (non-hydrogen) atoms. The van der Waals surface area contributed by atoms with Gasteiger partial charge in [-0.25, -0.2) is 13.3 Å². The van der Waals surface area contributed by atoms with E-state index in [2.05, 4.69) is 15.2 Å². The van der Waals surface area contributed by atoms with Crippen LogP contribution in [-0.4, -0.2) is 119 Å². The van der Waals surface area contributed by atoms with Gasteiger partial charge in [0.15, 0.2) is 0 Å². The van der Waals surface area contributed by atoms with E-state index in [4.69, 9.17) is 30.2 Å². The molecule has 0 aromatic carbocycles. The standard InChI is InChI=1S/C8H8F11O4P.2C4H11NO2/c9-4(10,1-2-23-24(20,21)22)3-5(11,12)6(13,14)7(15,16)8(17,18)19;2*6-3-1-5-2-4-7/h1-3H2,(H2,20,21,22);2*5-7H,1-4H2. The zero-order valence-corrected chi connectivity index (χ0v) is 20.3. The van der Waals surface area contributed by atoms with Crippen molar-refractivity contribution in [1.82, 2.24) is 10.6 Å². The molecule has 22 heteroatoms. The van der Waals surface area contributed by atoms with Crippen molar-refractivity contribution >= 4 is 7.82 Å². The summed E-state index contributed by atoms with van der Waals surface area (Å²) in [5.74, 6) is -26.0. The lowest BCUT2D eigenvalue weighted by Gasteiger charge is -2.35. The van der Waals surface area contributed by atoms with Gasteiger partial charge in [0, 0.05) is 32.6 Å². The number of phosphoric acid groups is 1. The third-order valence-electron chi connectivity index (χ3n) is 3.57. The van der Waals surface area contributed by atoms with Crippen LogP contribution in [0.2, 0.25) is 0 Å². The molecule has 0 saturated heterocycles. The first-order valence-corrected chi connectivity index (χ1v) is 11.7. The van der Waals surface area contributed by atoms with Crippen LogP contribution in [0, 0.1) is 0 Å². The van der Waals surface area contributed by atoms with Gasteiger partial charge in [0.25, 0.3) is 5.92 Å². The first-order valence-electron chi connectivity index (χ1n) is 10.1. The average molecular weight is 618 g/mol. The Hall–Kier alpha value is -0.900. The Kier molecular flexibility index (Phi) is 20.2. The smallest absolute Gasteiger partial charge is 0.395 e. The predicted molar refractivity (Wildman–Crippen MR) is 107 cm³/mol. The van der Waals surface area contributed by atoms with Crippen molar-refractivity contribution in [2.24, 2.45) is 0 Å². The molecule has 10 nitrogen and oxygen atoms in total. The summed E-state index contributed by atoms with van der Waals surface area (Å²) in [7, 11) is -5.32. The molecule has 0 aromatic rings. The molecule has 0 aliphatic rings. The van der Waals surface area contributed by atoms with Gasteiger partial charge in [-0.15, -0.1) is 0 Å². The molecule has 0 atom stereocenters. The Bertz CT molecular complexity index is 637. The molecule has 0 radical (unpaired) electrons. The lowest BCUT2D eigenvalue weighted by atomic mass is 9.97. The van der Waals surface area contributed by atoms with Gasteiger partial charge in [0.1, 0.15) is 0 Å². The number of alkyl halides is 11. The van der Waals surface area contributed by atoms with E-state index in [0.717, 1.165) is 0 Å². The maximum absolute atomic E-state index is 13.0. The Morgan fingerprint density at radius 2 is 0.974 bits per heavy atom. The molecular weight excluding hydrogens is 588 g/mol. The van der Waals surface area contributed by atoms with E-state index in [-0.39, 0.29) is 26.4 Å². The fourth-order valence-corrected chi connectivity index (χ4v) is 2.14. The zero-order chi connectivity index (χ0) is 30.9. The minimum absolute atomic E-state index is 0.139. The van der Waals surface area contributed by atoms with E-state index >= 15 is 0 Å². The highest BCUT2D eigenvalue weighted by Crippen LogP contribution is 2.55. The summed E-state index contributed by atoms with van der Waals surface area (Å²) in [4.78, 5) is 16.2. The largest absolute Gasteiger partial charge is 0.469 e. The van der Waals surface area contributed by atoms with Crippen LogP contribution in [0.25, 0.3) is 0 Å². The number of nitrogens with one attached hydrogen (secondary N) is 2. The molecule has 8 N–H and O–H groups in total. The Morgan fingerprint density at radius 3 is 1.24 bits per heavy atom. The number of hydrogen-bond donors (Lipinski definition) is 8. The molecule has 0 fully saturated rings. The van der Waals surface area contributed by atoms with Gasteiger partial charge in [0.2, 0.25) is 0 Å². The number of rotatable bonds is 16. The summed E-state index contributed by atoms with van der Waals surface area (Å²) in [6.07, 6.45) is -12.6. The minimum Gasteiger partial charge on any atom is -0.395 e. The first-order chi connectivity index (χ1) is 17.0. The lowest BCUT2D eigenvalue weighted by molar-refractivity contribution is -0.401. The molecular formula is C16H30F11N2O8P. The number of halogens is 11. The van der Waals surface area contributed by atoms with Crippen molar-refractivity contribution < 1.29 is 87.6 Å². The predicted octanol–water partition coefficient (Wildman–Crippen LogP) is 1.10. The maximum Gasteiger partial charge on any atom is 0.469 e. The fourth-order valence-electron chi connectivity index (χ4n) is 1.81. The number of phosphoric ester groups is 1. The second kappa shape index (κ2) is 18.4. The monoisotopic (exact) mass is 618 g/mol. The SMILES string of the molecule is O=P(O)(O)OCCC(F)(F)CC(F)(F)C(F)(F)C(F)(F)C(F)(F)F.OCCNCCO.OCCNCCO. The Labute approximate surface area is 209 Å². The van der Waals surface area contributed by atoms with Crippen LogP contribution in [0.1, 0.15) is 12.8 Å². The highest BCUT2D eigenvalue weighted by atomic mass is 31.2. The molecule has 0 saturated carbocycles. The van der Waals surface area contributed by atoms with Crippen molar-refractivity contribution in [2.75, 3.05) is 59.2 Å². The van der Waals surface area contributed by atoms with E-state index in [1.54, 1.807) is 0 Å². The molecule has 0 aliphatic carbocycles. The Balaban J connectivity index is -0.000000710. The highest BCUT2D eigenvalue weighted by molar-refractivity contribution is 7.46. The minimum atomic E-state index is -7.30. The van der Waals surface area contributed by atoms with Crippen LogP contribution < -0.4 is 10.6 Å². The topological polar surface area (TPSA) is 172 Å².